The number of nitrogens with zero attached hydrogens (tertiary/aromatic N) is 1. The van der Waals surface area contributed by atoms with Crippen LogP contribution >= 0.6 is 0 Å². The van der Waals surface area contributed by atoms with Gasteiger partial charge in [0.15, 0.2) is 0 Å². The lowest BCUT2D eigenvalue weighted by molar-refractivity contribution is -0.131. The van der Waals surface area contributed by atoms with E-state index >= 15 is 0 Å². The van der Waals surface area contributed by atoms with E-state index in [2.05, 4.69) is 31.9 Å². The summed E-state index contributed by atoms with van der Waals surface area (Å²) in [5.74, 6) is -0.995. The number of benzene rings is 1. The van der Waals surface area contributed by atoms with Crippen molar-refractivity contribution in [2.75, 3.05) is 11.9 Å². The van der Waals surface area contributed by atoms with E-state index in [1.165, 1.54) is 23.4 Å². The third kappa shape index (κ3) is 3.68. The fourth-order valence-electron chi connectivity index (χ4n) is 3.50. The molecule has 2 rings (SSSR count). The first-order valence-corrected chi connectivity index (χ1v) is 8.47. The van der Waals surface area contributed by atoms with Crippen LogP contribution in [0.3, 0.4) is 0 Å². The molecule has 4 heteroatoms. The summed E-state index contributed by atoms with van der Waals surface area (Å²) in [6, 6.07) is 4.45. The van der Waals surface area contributed by atoms with E-state index in [9.17, 15) is 9.18 Å². The summed E-state index contributed by atoms with van der Waals surface area (Å²) in [5, 5.41) is 8.71. The lowest BCUT2D eigenvalue weighted by Crippen LogP contribution is -2.25. The number of fused-ring (bicyclic) bond motifs is 1. The molecule has 0 spiro atoms. The van der Waals surface area contributed by atoms with E-state index in [1.807, 2.05) is 13.0 Å². The molecule has 134 valence electrons. The summed E-state index contributed by atoms with van der Waals surface area (Å²) in [4.78, 5) is 12.9. The molecule has 3 nitrogen and oxygen atoms in total. The minimum absolute atomic E-state index is 0.353. The van der Waals surface area contributed by atoms with Crippen LogP contribution in [-0.4, -0.2) is 24.2 Å². The van der Waals surface area contributed by atoms with Crippen molar-refractivity contribution < 1.29 is 14.3 Å². The predicted octanol–water partition coefficient (Wildman–Crippen LogP) is 5.22. The largest absolute Gasteiger partial charge is 0.478 e. The Bertz CT molecular complexity index is 789. The zero-order valence-electron chi connectivity index (χ0n) is 15.7. The summed E-state index contributed by atoms with van der Waals surface area (Å²) in [6.45, 7) is 9.85. The Morgan fingerprint density at radius 1 is 1.24 bits per heavy atom. The van der Waals surface area contributed by atoms with Gasteiger partial charge in [-0.1, -0.05) is 19.1 Å². The maximum absolute atomic E-state index is 14.6. The van der Waals surface area contributed by atoms with Crippen LogP contribution in [0.2, 0.25) is 0 Å². The number of hydrogen-bond donors (Lipinski definition) is 1. The van der Waals surface area contributed by atoms with Crippen LogP contribution in [0.5, 0.6) is 0 Å². The number of carboxylic acids is 1. The van der Waals surface area contributed by atoms with Gasteiger partial charge in [-0.15, -0.1) is 0 Å². The van der Waals surface area contributed by atoms with Crippen molar-refractivity contribution in [3.05, 3.63) is 58.5 Å². The minimum atomic E-state index is -1.04. The van der Waals surface area contributed by atoms with Crippen molar-refractivity contribution in [3.8, 4) is 0 Å². The molecule has 25 heavy (non-hydrogen) atoms. The van der Waals surface area contributed by atoms with Gasteiger partial charge < -0.3 is 10.0 Å². The predicted molar refractivity (Wildman–Crippen MR) is 102 cm³/mol. The molecule has 1 aromatic rings. The Balaban J connectivity index is 2.42. The van der Waals surface area contributed by atoms with Gasteiger partial charge in [0.25, 0.3) is 0 Å². The summed E-state index contributed by atoms with van der Waals surface area (Å²) in [6.07, 6.45) is 3.86. The summed E-state index contributed by atoms with van der Waals surface area (Å²) < 4.78 is 14.6. The van der Waals surface area contributed by atoms with E-state index in [-0.39, 0.29) is 5.83 Å². The Morgan fingerprint density at radius 3 is 2.48 bits per heavy atom. The molecule has 1 aliphatic heterocycles. The van der Waals surface area contributed by atoms with Crippen LogP contribution in [0.25, 0.3) is 5.57 Å². The zero-order valence-corrected chi connectivity index (χ0v) is 15.7. The van der Waals surface area contributed by atoms with Crippen molar-refractivity contribution in [1.29, 1.82) is 0 Å². The van der Waals surface area contributed by atoms with Crippen LogP contribution in [-0.2, 0) is 4.79 Å². The Hall–Kier alpha value is -2.36. The lowest BCUT2D eigenvalue weighted by atomic mass is 9.89. The Kier molecular flexibility index (Phi) is 5.51. The van der Waals surface area contributed by atoms with Gasteiger partial charge in [-0.3, -0.25) is 0 Å². The van der Waals surface area contributed by atoms with Gasteiger partial charge in [0, 0.05) is 30.8 Å². The van der Waals surface area contributed by atoms with Crippen LogP contribution < -0.4 is 4.90 Å². The average Bonchev–Trinajstić information content (AvgIpc) is 2.76. The van der Waals surface area contributed by atoms with Crippen LogP contribution in [0.4, 0.5) is 10.1 Å². The van der Waals surface area contributed by atoms with E-state index in [0.29, 0.717) is 23.1 Å². The smallest absolute Gasteiger partial charge is 0.328 e. The van der Waals surface area contributed by atoms with E-state index in [4.69, 9.17) is 5.11 Å². The molecule has 0 saturated carbocycles. The molecule has 0 radical (unpaired) electrons. The standard InChI is InChI=1S/C21H26FNO2/c1-12(11-20(24)25)7-9-18(22)14(3)17-8-10-19-21(15(17)4)13(2)16(5)23(19)6/h7-11,13,16H,1-6H3,(H,24,25). The highest BCUT2D eigenvalue weighted by atomic mass is 19.1. The fraction of sp³-hybridized carbons (Fsp3) is 0.381. The number of carboxylic acid groups (broad SMARTS) is 1. The van der Waals surface area contributed by atoms with Gasteiger partial charge in [0.2, 0.25) is 0 Å². The minimum Gasteiger partial charge on any atom is -0.478 e. The molecule has 0 fully saturated rings. The highest BCUT2D eigenvalue weighted by Gasteiger charge is 2.32. The molecule has 0 aromatic heterocycles. The second kappa shape index (κ2) is 7.26. The molecule has 0 aliphatic carbocycles. The first-order valence-electron chi connectivity index (χ1n) is 8.47. The lowest BCUT2D eigenvalue weighted by Gasteiger charge is -2.20. The van der Waals surface area contributed by atoms with Crippen LogP contribution in [0, 0.1) is 6.92 Å². The average molecular weight is 343 g/mol. The molecular weight excluding hydrogens is 317 g/mol. The van der Waals surface area contributed by atoms with E-state index < -0.39 is 5.97 Å². The maximum Gasteiger partial charge on any atom is 0.328 e. The fourth-order valence-corrected chi connectivity index (χ4v) is 3.50. The number of likely N-dealkylation sites (N-methyl/N-ethyl adjacent to an activating group) is 1. The highest BCUT2D eigenvalue weighted by Crippen LogP contribution is 2.43. The summed E-state index contributed by atoms with van der Waals surface area (Å²) in [5.41, 5.74) is 5.56. The molecule has 1 aromatic carbocycles. The van der Waals surface area contributed by atoms with Gasteiger partial charge >= 0.3 is 5.97 Å². The first-order chi connectivity index (χ1) is 11.6. The molecule has 1 aliphatic rings. The second-order valence-electron chi connectivity index (χ2n) is 6.84. The van der Waals surface area contributed by atoms with Gasteiger partial charge in [0.1, 0.15) is 5.83 Å². The Labute approximate surface area is 149 Å². The second-order valence-corrected chi connectivity index (χ2v) is 6.84. The maximum atomic E-state index is 14.6. The van der Waals surface area contributed by atoms with Crippen molar-refractivity contribution in [2.45, 2.75) is 46.6 Å². The van der Waals surface area contributed by atoms with Crippen molar-refractivity contribution >= 4 is 17.2 Å². The van der Waals surface area contributed by atoms with Crippen molar-refractivity contribution in [3.63, 3.8) is 0 Å². The molecule has 1 N–H and O–H groups in total. The normalized spacial score (nSPS) is 21.6. The highest BCUT2D eigenvalue weighted by molar-refractivity contribution is 5.81. The monoisotopic (exact) mass is 343 g/mol. The van der Waals surface area contributed by atoms with Gasteiger partial charge in [-0.25, -0.2) is 9.18 Å². The Morgan fingerprint density at radius 2 is 1.88 bits per heavy atom. The topological polar surface area (TPSA) is 40.5 Å². The van der Waals surface area contributed by atoms with Crippen molar-refractivity contribution in [1.82, 2.24) is 0 Å². The molecule has 1 heterocycles. The van der Waals surface area contributed by atoms with Crippen LogP contribution in [0.1, 0.15) is 50.3 Å². The van der Waals surface area contributed by atoms with Crippen molar-refractivity contribution in [2.24, 2.45) is 0 Å². The van der Waals surface area contributed by atoms with Gasteiger partial charge in [-0.05, 0) is 67.7 Å². The molecule has 2 atom stereocenters. The molecule has 2 unspecified atom stereocenters. The number of anilines is 1. The first kappa shape index (κ1) is 19.0. The molecule has 0 amide bonds. The van der Waals surface area contributed by atoms with Gasteiger partial charge in [0.05, 0.1) is 0 Å². The number of allylic oxidation sites excluding steroid dienone is 5. The summed E-state index contributed by atoms with van der Waals surface area (Å²) >= 11 is 0. The van der Waals surface area contributed by atoms with E-state index in [1.54, 1.807) is 13.8 Å². The van der Waals surface area contributed by atoms with Gasteiger partial charge in [-0.2, -0.15) is 0 Å². The number of halogens is 1. The number of hydrogen-bond acceptors (Lipinski definition) is 2. The van der Waals surface area contributed by atoms with Crippen LogP contribution in [0.15, 0.2) is 41.8 Å². The summed E-state index contributed by atoms with van der Waals surface area (Å²) in [7, 11) is 2.09. The number of carbonyl (C=O) groups is 1. The number of rotatable bonds is 4. The van der Waals surface area contributed by atoms with E-state index in [0.717, 1.165) is 17.2 Å². The molecular formula is C21H26FNO2. The molecule has 0 bridgehead atoms. The quantitative estimate of drug-likeness (QED) is 0.601. The third-order valence-corrected chi connectivity index (χ3v) is 5.27. The molecule has 0 saturated heterocycles. The third-order valence-electron chi connectivity index (χ3n) is 5.27. The SMILES string of the molecule is CC(C=CC(F)=C(C)c1ccc2c(c1C)C(C)C(C)N2C)=CC(=O)O. The zero-order chi connectivity index (χ0) is 18.9. The number of aliphatic carboxylic acids is 1.